The van der Waals surface area contributed by atoms with Crippen molar-refractivity contribution in [3.05, 3.63) is 47.0 Å². The highest BCUT2D eigenvalue weighted by Gasteiger charge is 2.14. The number of amides is 3. The van der Waals surface area contributed by atoms with E-state index in [1.54, 1.807) is 37.4 Å². The SMILES string of the molecule is CNc1cc(C(N)=O)c(NC(N)=O)s1.N#Cc1cccc(C=O)c1. The molecule has 9 heteroatoms. The Hall–Kier alpha value is -3.38. The summed E-state index contributed by atoms with van der Waals surface area (Å²) < 4.78 is 0. The van der Waals surface area contributed by atoms with Gasteiger partial charge in [0.2, 0.25) is 0 Å². The third kappa shape index (κ3) is 5.43. The number of nitrogens with zero attached hydrogens (tertiary/aromatic N) is 1. The molecule has 0 fully saturated rings. The molecule has 0 saturated carbocycles. The number of hydrogen-bond acceptors (Lipinski definition) is 6. The van der Waals surface area contributed by atoms with Gasteiger partial charge in [-0.25, -0.2) is 4.79 Å². The first kappa shape index (κ1) is 18.7. The maximum atomic E-state index is 10.9. The molecule has 0 spiro atoms. The highest BCUT2D eigenvalue weighted by Crippen LogP contribution is 2.31. The number of rotatable bonds is 4. The Balaban J connectivity index is 0.000000254. The van der Waals surface area contributed by atoms with Gasteiger partial charge >= 0.3 is 6.03 Å². The number of nitrogens with one attached hydrogen (secondary N) is 2. The van der Waals surface area contributed by atoms with Crippen LogP contribution < -0.4 is 22.1 Å². The molecule has 0 aliphatic heterocycles. The number of carbonyl (C=O) groups excluding carboxylic acids is 3. The van der Waals surface area contributed by atoms with Gasteiger partial charge in [-0.2, -0.15) is 5.26 Å². The summed E-state index contributed by atoms with van der Waals surface area (Å²) in [4.78, 5) is 31.7. The van der Waals surface area contributed by atoms with E-state index in [2.05, 4.69) is 10.6 Å². The molecule has 0 aliphatic rings. The van der Waals surface area contributed by atoms with Crippen molar-refractivity contribution in [3.8, 4) is 6.07 Å². The largest absolute Gasteiger partial charge is 0.380 e. The van der Waals surface area contributed by atoms with Crippen LogP contribution in [0.4, 0.5) is 14.8 Å². The fraction of sp³-hybridized carbons (Fsp3) is 0.0667. The average Bonchev–Trinajstić information content (AvgIpc) is 2.98. The standard InChI is InChI=1S/C8H5NO.C7H10N4O2S/c9-5-7-2-1-3-8(4-7)6-10;1-10-4-2-3(5(8)12)6(14-4)11-7(9)13/h1-4,6H;2,10H,1H3,(H2,8,12)(H3,9,11,13). The number of urea groups is 1. The zero-order valence-corrected chi connectivity index (χ0v) is 13.5. The highest BCUT2D eigenvalue weighted by molar-refractivity contribution is 7.20. The molecule has 6 N–H and O–H groups in total. The number of aldehydes is 1. The molecule has 124 valence electrons. The lowest BCUT2D eigenvalue weighted by atomic mass is 10.2. The number of carbonyl (C=O) groups is 3. The second kappa shape index (κ2) is 8.92. The van der Waals surface area contributed by atoms with Gasteiger partial charge < -0.3 is 16.8 Å². The van der Waals surface area contributed by atoms with Gasteiger partial charge in [0.05, 0.1) is 22.2 Å². The van der Waals surface area contributed by atoms with Crippen LogP contribution in [0.5, 0.6) is 0 Å². The second-order valence-electron chi connectivity index (χ2n) is 4.31. The molecule has 24 heavy (non-hydrogen) atoms. The fourth-order valence-corrected chi connectivity index (χ4v) is 2.50. The molecule has 1 aromatic heterocycles. The topological polar surface area (TPSA) is 151 Å². The van der Waals surface area contributed by atoms with Crippen LogP contribution in [0.3, 0.4) is 0 Å². The van der Waals surface area contributed by atoms with Crippen molar-refractivity contribution < 1.29 is 14.4 Å². The van der Waals surface area contributed by atoms with Crippen LogP contribution in [0.2, 0.25) is 0 Å². The van der Waals surface area contributed by atoms with Crippen LogP contribution in [0.25, 0.3) is 0 Å². The Morgan fingerprint density at radius 3 is 2.50 bits per heavy atom. The minimum absolute atomic E-state index is 0.248. The van der Waals surface area contributed by atoms with E-state index < -0.39 is 11.9 Å². The van der Waals surface area contributed by atoms with E-state index in [1.807, 2.05) is 6.07 Å². The molecule has 0 unspecified atom stereocenters. The smallest absolute Gasteiger partial charge is 0.317 e. The second-order valence-corrected chi connectivity index (χ2v) is 5.36. The van der Waals surface area contributed by atoms with Crippen molar-refractivity contribution in [2.75, 3.05) is 17.7 Å². The molecule has 3 amide bonds. The van der Waals surface area contributed by atoms with Crippen molar-refractivity contribution in [1.29, 1.82) is 5.26 Å². The summed E-state index contributed by atoms with van der Waals surface area (Å²) in [7, 11) is 1.70. The molecule has 2 aromatic rings. The molecule has 8 nitrogen and oxygen atoms in total. The summed E-state index contributed by atoms with van der Waals surface area (Å²) >= 11 is 1.19. The zero-order chi connectivity index (χ0) is 18.1. The number of primary amides is 2. The van der Waals surface area contributed by atoms with E-state index in [0.717, 1.165) is 11.3 Å². The number of hydrogen-bond donors (Lipinski definition) is 4. The Morgan fingerprint density at radius 2 is 2.00 bits per heavy atom. The van der Waals surface area contributed by atoms with E-state index in [0.29, 0.717) is 16.1 Å². The van der Waals surface area contributed by atoms with Gasteiger partial charge in [-0.15, -0.1) is 11.3 Å². The predicted octanol–water partition coefficient (Wildman–Crippen LogP) is 1.75. The zero-order valence-electron chi connectivity index (χ0n) is 12.7. The number of nitrogens with two attached hydrogens (primary N) is 2. The summed E-state index contributed by atoms with van der Waals surface area (Å²) in [6.45, 7) is 0. The molecule has 0 aliphatic carbocycles. The van der Waals surface area contributed by atoms with Crippen LogP contribution >= 0.6 is 11.3 Å². The summed E-state index contributed by atoms with van der Waals surface area (Å²) in [5, 5.41) is 14.6. The van der Waals surface area contributed by atoms with Crippen LogP contribution in [0.1, 0.15) is 26.3 Å². The summed E-state index contributed by atoms with van der Waals surface area (Å²) in [6.07, 6.45) is 0.723. The third-order valence-electron chi connectivity index (χ3n) is 2.63. The number of benzene rings is 1. The normalized spacial score (nSPS) is 9.00. The van der Waals surface area contributed by atoms with Crippen LogP contribution in [0.15, 0.2) is 30.3 Å². The molecule has 0 atom stereocenters. The van der Waals surface area contributed by atoms with Gasteiger partial charge in [0.1, 0.15) is 11.3 Å². The van der Waals surface area contributed by atoms with E-state index in [9.17, 15) is 14.4 Å². The lowest BCUT2D eigenvalue weighted by molar-refractivity contribution is 0.100. The van der Waals surface area contributed by atoms with Gasteiger partial charge in [0.25, 0.3) is 5.91 Å². The first-order valence-corrected chi connectivity index (χ1v) is 7.36. The van der Waals surface area contributed by atoms with E-state index in [4.69, 9.17) is 16.7 Å². The van der Waals surface area contributed by atoms with E-state index in [1.165, 1.54) is 11.3 Å². The number of nitriles is 1. The van der Waals surface area contributed by atoms with Gasteiger partial charge in [-0.1, -0.05) is 12.1 Å². The van der Waals surface area contributed by atoms with Crippen LogP contribution in [0, 0.1) is 11.3 Å². The van der Waals surface area contributed by atoms with Crippen molar-refractivity contribution in [2.45, 2.75) is 0 Å². The Morgan fingerprint density at radius 1 is 1.29 bits per heavy atom. The molecule has 1 aromatic carbocycles. The first-order valence-electron chi connectivity index (χ1n) is 6.54. The lowest BCUT2D eigenvalue weighted by Gasteiger charge is -1.98. The highest BCUT2D eigenvalue weighted by atomic mass is 32.1. The van der Waals surface area contributed by atoms with Crippen molar-refractivity contribution in [2.24, 2.45) is 11.5 Å². The molecule has 1 heterocycles. The molecule has 0 bridgehead atoms. The summed E-state index contributed by atoms with van der Waals surface area (Å²) in [5.41, 5.74) is 11.3. The lowest BCUT2D eigenvalue weighted by Crippen LogP contribution is -2.21. The minimum atomic E-state index is -0.725. The predicted molar refractivity (Wildman–Crippen MR) is 92.1 cm³/mol. The van der Waals surface area contributed by atoms with E-state index >= 15 is 0 Å². The number of thiophene rings is 1. The van der Waals surface area contributed by atoms with E-state index in [-0.39, 0.29) is 5.56 Å². The maximum absolute atomic E-state index is 10.9. The van der Waals surface area contributed by atoms with Crippen LogP contribution in [-0.4, -0.2) is 25.3 Å². The fourth-order valence-electron chi connectivity index (χ4n) is 1.58. The number of anilines is 2. The molecular weight excluding hydrogens is 330 g/mol. The minimum Gasteiger partial charge on any atom is -0.380 e. The summed E-state index contributed by atoms with van der Waals surface area (Å²) in [5.74, 6) is -0.605. The molecular formula is C15H15N5O3S. The molecule has 0 radical (unpaired) electrons. The summed E-state index contributed by atoms with van der Waals surface area (Å²) in [6, 6.07) is 9.32. The van der Waals surface area contributed by atoms with Crippen molar-refractivity contribution >= 4 is 39.6 Å². The first-order chi connectivity index (χ1) is 11.4. The molecule has 0 saturated heterocycles. The maximum Gasteiger partial charge on any atom is 0.317 e. The van der Waals surface area contributed by atoms with Gasteiger partial charge in [-0.3, -0.25) is 14.9 Å². The molecule has 2 rings (SSSR count). The quantitative estimate of drug-likeness (QED) is 0.622. The van der Waals surface area contributed by atoms with Gasteiger partial charge in [-0.05, 0) is 18.2 Å². The van der Waals surface area contributed by atoms with Gasteiger partial charge in [0, 0.05) is 12.6 Å². The Labute approximate surface area is 142 Å². The Kier molecular flexibility index (Phi) is 6.94. The average molecular weight is 345 g/mol. The van der Waals surface area contributed by atoms with Crippen molar-refractivity contribution in [3.63, 3.8) is 0 Å². The Bertz CT molecular complexity index is 795. The van der Waals surface area contributed by atoms with Crippen molar-refractivity contribution in [1.82, 2.24) is 0 Å². The van der Waals surface area contributed by atoms with Gasteiger partial charge in [0.15, 0.2) is 0 Å². The third-order valence-corrected chi connectivity index (χ3v) is 3.70. The monoisotopic (exact) mass is 345 g/mol. The van der Waals surface area contributed by atoms with Crippen LogP contribution in [-0.2, 0) is 0 Å².